The zero-order chi connectivity index (χ0) is 44.4. The van der Waals surface area contributed by atoms with Crippen LogP contribution >= 0.6 is 11.3 Å². The lowest BCUT2D eigenvalue weighted by Crippen LogP contribution is -2.61. The van der Waals surface area contributed by atoms with Gasteiger partial charge in [0, 0.05) is 90.9 Å². The zero-order valence-corrected chi connectivity index (χ0v) is 38.8. The first-order valence-electron chi connectivity index (χ1n) is 23.5. The second-order valence-corrected chi connectivity index (χ2v) is 20.9. The van der Waals surface area contributed by atoms with Gasteiger partial charge in [0.15, 0.2) is 0 Å². The minimum atomic E-state index is -1.10. The van der Waals surface area contributed by atoms with Crippen molar-refractivity contribution in [1.82, 2.24) is 35.2 Å². The number of amides is 2. The normalized spacial score (nSPS) is 28.6. The summed E-state index contributed by atoms with van der Waals surface area (Å²) in [6.45, 7) is 14.1. The summed E-state index contributed by atoms with van der Waals surface area (Å²) in [5, 5.41) is 8.43. The molecule has 4 aliphatic heterocycles. The summed E-state index contributed by atoms with van der Waals surface area (Å²) in [4.78, 5) is 55.9. The summed E-state index contributed by atoms with van der Waals surface area (Å²) in [5.41, 5.74) is 9.79. The van der Waals surface area contributed by atoms with E-state index in [0.717, 1.165) is 57.8 Å². The Balaban J connectivity index is 1.13. The molecule has 2 saturated carbocycles. The lowest BCUT2D eigenvalue weighted by molar-refractivity contribution is -0.158. The molecule has 10 rings (SSSR count). The highest BCUT2D eigenvalue weighted by Crippen LogP contribution is 2.48. The Hall–Kier alpha value is -4.25. The van der Waals surface area contributed by atoms with Gasteiger partial charge in [0.2, 0.25) is 5.91 Å². The van der Waals surface area contributed by atoms with Gasteiger partial charge in [-0.1, -0.05) is 33.8 Å². The maximum atomic E-state index is 14.9. The van der Waals surface area contributed by atoms with Crippen molar-refractivity contribution in [3.05, 3.63) is 58.2 Å². The molecule has 342 valence electrons. The molecule has 64 heavy (non-hydrogen) atoms. The van der Waals surface area contributed by atoms with E-state index < -0.39 is 29.6 Å². The molecule has 1 aromatic carbocycles. The van der Waals surface area contributed by atoms with E-state index in [1.165, 1.54) is 29.2 Å². The molecule has 3 aromatic heterocycles. The number of carbonyl (C=O) groups excluding carboxylic acids is 3. The van der Waals surface area contributed by atoms with E-state index in [0.29, 0.717) is 62.9 Å². The molecular weight excluding hydrogens is 831 g/mol. The monoisotopic (exact) mass is 893 g/mol. The van der Waals surface area contributed by atoms with Crippen LogP contribution in [0.3, 0.4) is 0 Å². The quantitative estimate of drug-likeness (QED) is 0.171. The number of nitrogens with one attached hydrogen (secondary N) is 2. The van der Waals surface area contributed by atoms with Crippen LogP contribution in [0.2, 0.25) is 0 Å². The second kappa shape index (κ2) is 17.5. The summed E-state index contributed by atoms with van der Waals surface area (Å²) in [6.07, 6.45) is 6.06. The van der Waals surface area contributed by atoms with Crippen LogP contribution in [0.15, 0.2) is 41.9 Å². The van der Waals surface area contributed by atoms with Gasteiger partial charge in [-0.3, -0.25) is 29.3 Å². The summed E-state index contributed by atoms with van der Waals surface area (Å²) >= 11 is 1.44. The Bertz CT molecular complexity index is 2390. The van der Waals surface area contributed by atoms with Gasteiger partial charge in [-0.2, -0.15) is 0 Å². The van der Waals surface area contributed by atoms with Crippen LogP contribution in [0.1, 0.15) is 108 Å². The Labute approximate surface area is 379 Å². The molecule has 0 radical (unpaired) electrons. The minimum absolute atomic E-state index is 0.171. The average Bonchev–Trinajstić information content (AvgIpc) is 4.13. The Morgan fingerprint density at radius 2 is 1.83 bits per heavy atom. The number of rotatable bonds is 9. The topological polar surface area (TPSA) is 149 Å². The highest BCUT2D eigenvalue weighted by Gasteiger charge is 2.51. The molecule has 3 saturated heterocycles. The largest absolute Gasteiger partial charge is 0.464 e. The lowest BCUT2D eigenvalue weighted by Gasteiger charge is -2.42. The van der Waals surface area contributed by atoms with Crippen LogP contribution in [0.5, 0.6) is 0 Å². The van der Waals surface area contributed by atoms with Gasteiger partial charge in [-0.15, -0.1) is 11.3 Å². The fourth-order valence-electron chi connectivity index (χ4n) is 10.5. The summed E-state index contributed by atoms with van der Waals surface area (Å²) in [6, 6.07) is 9.92. The Kier molecular flexibility index (Phi) is 11.9. The molecule has 6 aliphatic rings. The predicted molar refractivity (Wildman–Crippen MR) is 243 cm³/mol. The van der Waals surface area contributed by atoms with Gasteiger partial charge in [0.25, 0.3) is 5.91 Å². The number of aromatic nitrogens is 3. The fourth-order valence-corrected chi connectivity index (χ4v) is 11.4. The Morgan fingerprint density at radius 3 is 2.56 bits per heavy atom. The van der Waals surface area contributed by atoms with Crippen molar-refractivity contribution in [3.63, 3.8) is 0 Å². The number of benzene rings is 1. The number of pyridine rings is 1. The van der Waals surface area contributed by atoms with E-state index in [1.807, 2.05) is 24.6 Å². The molecule has 15 heteroatoms. The Morgan fingerprint density at radius 1 is 1.05 bits per heavy atom. The number of hydrogen-bond donors (Lipinski definition) is 2. The molecule has 14 nitrogen and oxygen atoms in total. The first-order valence-corrected chi connectivity index (χ1v) is 24.4. The van der Waals surface area contributed by atoms with Gasteiger partial charge < -0.3 is 28.8 Å². The van der Waals surface area contributed by atoms with Crippen LogP contribution in [-0.2, 0) is 39.8 Å². The first kappa shape index (κ1) is 43.6. The van der Waals surface area contributed by atoms with Crippen LogP contribution < -0.4 is 10.7 Å². The first-order chi connectivity index (χ1) is 30.9. The van der Waals surface area contributed by atoms with E-state index >= 15 is 0 Å². The molecule has 2 amide bonds. The molecular formula is C49H63N7O7S. The molecule has 2 N–H and O–H groups in total. The van der Waals surface area contributed by atoms with E-state index in [-0.39, 0.29) is 54.4 Å². The van der Waals surface area contributed by atoms with Crippen molar-refractivity contribution >= 4 is 40.0 Å². The SMILES string of the molecule is CO[C@@H](C)c1ncccc1-c1c2c3cc(ccc3n1C1CN(C3CC3)C1)-c1csc(n1)[C@@H](OC1CCOCC1)[C@H](NC(=O)C1[C@@H](C)[C@H]1C)C(=O)N1CCC[C@H](N1)C(=O)OCC(C)(C)C2. The molecule has 6 bridgehead atoms. The highest BCUT2D eigenvalue weighted by atomic mass is 32.1. The van der Waals surface area contributed by atoms with Gasteiger partial charge in [0.05, 0.1) is 41.9 Å². The van der Waals surface area contributed by atoms with Crippen LogP contribution in [0.25, 0.3) is 33.4 Å². The van der Waals surface area contributed by atoms with Gasteiger partial charge >= 0.3 is 5.97 Å². The number of nitrogens with zero attached hydrogens (tertiary/aromatic N) is 5. The van der Waals surface area contributed by atoms with Crippen molar-refractivity contribution in [2.45, 2.75) is 122 Å². The highest BCUT2D eigenvalue weighted by molar-refractivity contribution is 7.10. The molecule has 7 atom stereocenters. The van der Waals surface area contributed by atoms with Crippen molar-refractivity contribution in [3.8, 4) is 22.5 Å². The zero-order valence-electron chi connectivity index (χ0n) is 38.0. The number of hydrogen-bond acceptors (Lipinski definition) is 12. The third kappa shape index (κ3) is 8.41. The molecule has 0 spiro atoms. The second-order valence-electron chi connectivity index (χ2n) is 20.0. The number of thiazole rings is 1. The third-order valence-corrected chi connectivity index (χ3v) is 15.7. The molecule has 1 unspecified atom stereocenters. The van der Waals surface area contributed by atoms with E-state index in [9.17, 15) is 14.4 Å². The minimum Gasteiger partial charge on any atom is -0.464 e. The average molecular weight is 894 g/mol. The number of hydrazine groups is 1. The maximum absolute atomic E-state index is 14.9. The molecule has 4 aromatic rings. The molecule has 5 fully saturated rings. The number of esters is 1. The number of cyclic esters (lactones) is 1. The number of fused-ring (bicyclic) bond motifs is 6. The van der Waals surface area contributed by atoms with Crippen molar-refractivity contribution in [2.24, 2.45) is 23.2 Å². The standard InChI is InChI=1S/C49H63N7O7S/c1-27-28(2)40(27)45(57)52-42-44(63-33-15-19-61-20-16-33)46-51-38(25-64-46)30-11-14-39-35(21-30)36(22-49(4,5)26-62-48(59)37-10-8-18-55(53-37)47(42)58)43(34-9-7-17-50-41(34)29(3)60-6)56(39)32-23-54(24-32)31-12-13-31/h7,9,11,14,17,21,25,27-29,31-33,37,40,42,44,53H,8,10,12-13,15-16,18-20,22-24,26H2,1-6H3,(H,52,57)/t27-,28+,29-,37-,40?,42-,44-/m0/s1. The smallest absolute Gasteiger partial charge is 0.324 e. The number of methoxy groups -OCH3 is 1. The maximum Gasteiger partial charge on any atom is 0.324 e. The van der Waals surface area contributed by atoms with E-state index in [2.05, 4.69) is 72.2 Å². The number of ether oxygens (including phenoxy) is 4. The van der Waals surface area contributed by atoms with E-state index in [4.69, 9.17) is 28.9 Å². The van der Waals surface area contributed by atoms with Gasteiger partial charge in [0.1, 0.15) is 23.2 Å². The predicted octanol–water partition coefficient (Wildman–Crippen LogP) is 6.80. The van der Waals surface area contributed by atoms with Crippen LogP contribution in [-0.4, -0.2) is 113 Å². The molecule has 2 aliphatic carbocycles. The third-order valence-electron chi connectivity index (χ3n) is 14.8. The van der Waals surface area contributed by atoms with Crippen molar-refractivity contribution < 1.29 is 33.3 Å². The molecule has 7 heterocycles. The van der Waals surface area contributed by atoms with Crippen LogP contribution in [0.4, 0.5) is 0 Å². The number of carbonyl (C=O) groups is 3. The number of likely N-dealkylation sites (tertiary alicyclic amines) is 1. The van der Waals surface area contributed by atoms with Gasteiger partial charge in [-0.05, 0) is 93.5 Å². The van der Waals surface area contributed by atoms with Crippen LogP contribution in [0, 0.1) is 23.2 Å². The summed E-state index contributed by atoms with van der Waals surface area (Å²) in [7, 11) is 1.73. The van der Waals surface area contributed by atoms with E-state index in [1.54, 1.807) is 7.11 Å². The van der Waals surface area contributed by atoms with Gasteiger partial charge in [-0.25, -0.2) is 10.4 Å². The summed E-state index contributed by atoms with van der Waals surface area (Å²) < 4.78 is 27.3. The van der Waals surface area contributed by atoms with Crippen molar-refractivity contribution in [2.75, 3.05) is 46.6 Å². The lowest BCUT2D eigenvalue weighted by atomic mass is 9.84. The van der Waals surface area contributed by atoms with Crippen molar-refractivity contribution in [1.29, 1.82) is 0 Å². The fraction of sp³-hybridized carbons (Fsp3) is 0.612. The summed E-state index contributed by atoms with van der Waals surface area (Å²) in [5.74, 6) is -0.734.